The molecule has 0 unspecified atom stereocenters. The molecule has 0 atom stereocenters. The highest BCUT2D eigenvalue weighted by atomic mass is 16.4. The molecule has 4 rings (SSSR count). The van der Waals surface area contributed by atoms with E-state index in [1.54, 1.807) is 24.4 Å². The van der Waals surface area contributed by atoms with Gasteiger partial charge in [-0.2, -0.15) is 5.10 Å². The maximum Gasteiger partial charge on any atom is 0.342 e. The molecular formula is C18H14N4O3. The van der Waals surface area contributed by atoms with E-state index in [1.165, 1.54) is 10.8 Å². The number of hydrogen-bond donors (Lipinski definition) is 2. The summed E-state index contributed by atoms with van der Waals surface area (Å²) < 4.78 is 6.73. The summed E-state index contributed by atoms with van der Waals surface area (Å²) in [5.41, 5.74) is 1.63. The lowest BCUT2D eigenvalue weighted by Gasteiger charge is -2.06. The van der Waals surface area contributed by atoms with Crippen molar-refractivity contribution in [3.05, 3.63) is 72.1 Å². The molecule has 0 bridgehead atoms. The number of carboxylic acids is 1. The van der Waals surface area contributed by atoms with Crippen LogP contribution in [0.1, 0.15) is 15.9 Å². The molecule has 0 spiro atoms. The molecule has 0 amide bonds. The van der Waals surface area contributed by atoms with Gasteiger partial charge >= 0.3 is 5.97 Å². The van der Waals surface area contributed by atoms with Gasteiger partial charge in [0, 0.05) is 12.7 Å². The largest absolute Gasteiger partial charge is 0.477 e. The number of carbonyl (C=O) groups is 1. The number of rotatable bonds is 5. The second kappa shape index (κ2) is 6.12. The molecular weight excluding hydrogens is 320 g/mol. The summed E-state index contributed by atoms with van der Waals surface area (Å²) in [6, 6.07) is 15.0. The SMILES string of the molecule is O=C(O)c1c(-c2ccco2)nn2ccc(NCc3ccccc3)nc12. The van der Waals surface area contributed by atoms with Crippen LogP contribution in [0.15, 0.2) is 65.4 Å². The normalized spacial score (nSPS) is 10.9. The first kappa shape index (κ1) is 14.9. The van der Waals surface area contributed by atoms with Crippen molar-refractivity contribution in [3.8, 4) is 11.5 Å². The number of nitrogens with zero attached hydrogens (tertiary/aromatic N) is 3. The molecule has 3 heterocycles. The van der Waals surface area contributed by atoms with Gasteiger partial charge in [0.2, 0.25) is 0 Å². The van der Waals surface area contributed by atoms with Gasteiger partial charge < -0.3 is 14.8 Å². The van der Waals surface area contributed by atoms with Crippen LogP contribution in [0.5, 0.6) is 0 Å². The molecule has 2 N–H and O–H groups in total. The molecule has 0 saturated carbocycles. The zero-order chi connectivity index (χ0) is 17.2. The molecule has 3 aromatic heterocycles. The van der Waals surface area contributed by atoms with E-state index in [4.69, 9.17) is 4.42 Å². The molecule has 4 aromatic rings. The van der Waals surface area contributed by atoms with Crippen LogP contribution in [0.3, 0.4) is 0 Å². The van der Waals surface area contributed by atoms with Crippen LogP contribution >= 0.6 is 0 Å². The van der Waals surface area contributed by atoms with Crippen LogP contribution in [-0.2, 0) is 6.54 Å². The molecule has 0 saturated heterocycles. The lowest BCUT2D eigenvalue weighted by atomic mass is 10.2. The van der Waals surface area contributed by atoms with Crippen LogP contribution in [-0.4, -0.2) is 25.7 Å². The number of fused-ring (bicyclic) bond motifs is 1. The summed E-state index contributed by atoms with van der Waals surface area (Å²) in [6.07, 6.45) is 3.15. The molecule has 0 radical (unpaired) electrons. The maximum atomic E-state index is 11.7. The number of aromatic nitrogens is 3. The minimum Gasteiger partial charge on any atom is -0.477 e. The van der Waals surface area contributed by atoms with Gasteiger partial charge in [-0.05, 0) is 23.8 Å². The number of aromatic carboxylic acids is 1. The Morgan fingerprint density at radius 3 is 2.72 bits per heavy atom. The number of carboxylic acid groups (broad SMARTS) is 1. The first-order valence-electron chi connectivity index (χ1n) is 7.67. The van der Waals surface area contributed by atoms with Gasteiger partial charge in [0.25, 0.3) is 0 Å². The molecule has 1 aromatic carbocycles. The van der Waals surface area contributed by atoms with Crippen molar-refractivity contribution in [2.45, 2.75) is 6.54 Å². The third-order valence-corrected chi connectivity index (χ3v) is 3.77. The summed E-state index contributed by atoms with van der Waals surface area (Å²) in [5, 5.41) is 17.1. The fourth-order valence-corrected chi connectivity index (χ4v) is 2.60. The van der Waals surface area contributed by atoms with E-state index in [1.807, 2.05) is 30.3 Å². The van der Waals surface area contributed by atoms with Crippen molar-refractivity contribution in [2.24, 2.45) is 0 Å². The molecule has 0 aliphatic heterocycles. The molecule has 0 fully saturated rings. The van der Waals surface area contributed by atoms with Gasteiger partial charge in [-0.15, -0.1) is 0 Å². The summed E-state index contributed by atoms with van der Waals surface area (Å²) >= 11 is 0. The lowest BCUT2D eigenvalue weighted by molar-refractivity contribution is 0.0699. The minimum atomic E-state index is -1.10. The van der Waals surface area contributed by atoms with Crippen LogP contribution in [0.25, 0.3) is 17.1 Å². The second-order valence-corrected chi connectivity index (χ2v) is 5.43. The average molecular weight is 334 g/mol. The number of hydrogen-bond acceptors (Lipinski definition) is 5. The topological polar surface area (TPSA) is 92.7 Å². The van der Waals surface area contributed by atoms with Gasteiger partial charge in [-0.25, -0.2) is 14.3 Å². The molecule has 0 aliphatic rings. The smallest absolute Gasteiger partial charge is 0.342 e. The highest BCUT2D eigenvalue weighted by Gasteiger charge is 2.23. The first-order chi connectivity index (χ1) is 12.2. The predicted octanol–water partition coefficient (Wildman–Crippen LogP) is 3.30. The summed E-state index contributed by atoms with van der Waals surface area (Å²) in [4.78, 5) is 16.1. The maximum absolute atomic E-state index is 11.7. The zero-order valence-electron chi connectivity index (χ0n) is 13.1. The minimum absolute atomic E-state index is 0.0123. The Balaban J connectivity index is 1.72. The zero-order valence-corrected chi connectivity index (χ0v) is 13.1. The molecule has 124 valence electrons. The lowest BCUT2D eigenvalue weighted by Crippen LogP contribution is -2.04. The fraction of sp³-hybridized carbons (Fsp3) is 0.0556. The van der Waals surface area contributed by atoms with Crippen molar-refractivity contribution in [2.75, 3.05) is 5.32 Å². The van der Waals surface area contributed by atoms with E-state index in [0.717, 1.165) is 5.56 Å². The Bertz CT molecular complexity index is 1020. The quantitative estimate of drug-likeness (QED) is 0.582. The molecule has 7 heteroatoms. The predicted molar refractivity (Wildman–Crippen MR) is 91.4 cm³/mol. The van der Waals surface area contributed by atoms with E-state index in [0.29, 0.717) is 18.1 Å². The molecule has 0 aliphatic carbocycles. The van der Waals surface area contributed by atoms with Crippen molar-refractivity contribution < 1.29 is 14.3 Å². The fourth-order valence-electron chi connectivity index (χ4n) is 2.60. The van der Waals surface area contributed by atoms with Gasteiger partial charge in [-0.3, -0.25) is 0 Å². The third kappa shape index (κ3) is 2.83. The number of furan rings is 1. The highest BCUT2D eigenvalue weighted by Crippen LogP contribution is 2.26. The van der Waals surface area contributed by atoms with Crippen molar-refractivity contribution in [1.82, 2.24) is 14.6 Å². The Kier molecular flexibility index (Phi) is 3.66. The van der Waals surface area contributed by atoms with E-state index in [-0.39, 0.29) is 16.9 Å². The Morgan fingerprint density at radius 1 is 1.16 bits per heavy atom. The van der Waals surface area contributed by atoms with Gasteiger partial charge in [0.15, 0.2) is 11.4 Å². The Hall–Kier alpha value is -3.61. The second-order valence-electron chi connectivity index (χ2n) is 5.43. The standard InChI is InChI=1S/C18H14N4O3/c23-18(24)15-16(13-7-4-10-25-13)21-22-9-8-14(20-17(15)22)19-11-12-5-2-1-3-6-12/h1-10H,11H2,(H,19,20)(H,23,24). The van der Waals surface area contributed by atoms with E-state index in [9.17, 15) is 9.90 Å². The number of anilines is 1. The van der Waals surface area contributed by atoms with E-state index in [2.05, 4.69) is 15.4 Å². The van der Waals surface area contributed by atoms with Crippen LogP contribution in [0, 0.1) is 0 Å². The van der Waals surface area contributed by atoms with Crippen molar-refractivity contribution >= 4 is 17.4 Å². The van der Waals surface area contributed by atoms with Crippen LogP contribution < -0.4 is 5.32 Å². The summed E-state index contributed by atoms with van der Waals surface area (Å²) in [5.74, 6) is -0.138. The van der Waals surface area contributed by atoms with Crippen molar-refractivity contribution in [1.29, 1.82) is 0 Å². The average Bonchev–Trinajstić information content (AvgIpc) is 3.27. The number of benzene rings is 1. The third-order valence-electron chi connectivity index (χ3n) is 3.77. The van der Waals surface area contributed by atoms with Gasteiger partial charge in [0.1, 0.15) is 17.1 Å². The monoisotopic (exact) mass is 334 g/mol. The van der Waals surface area contributed by atoms with Gasteiger partial charge in [0.05, 0.1) is 6.26 Å². The van der Waals surface area contributed by atoms with Crippen LogP contribution in [0.4, 0.5) is 5.82 Å². The molecule has 7 nitrogen and oxygen atoms in total. The Labute approximate surface area is 142 Å². The Morgan fingerprint density at radius 2 is 2.00 bits per heavy atom. The van der Waals surface area contributed by atoms with E-state index >= 15 is 0 Å². The highest BCUT2D eigenvalue weighted by molar-refractivity contribution is 6.00. The summed E-state index contributed by atoms with van der Waals surface area (Å²) in [6.45, 7) is 0.589. The summed E-state index contributed by atoms with van der Waals surface area (Å²) in [7, 11) is 0. The van der Waals surface area contributed by atoms with Gasteiger partial charge in [-0.1, -0.05) is 30.3 Å². The molecule has 25 heavy (non-hydrogen) atoms. The van der Waals surface area contributed by atoms with Crippen LogP contribution in [0.2, 0.25) is 0 Å². The first-order valence-corrected chi connectivity index (χ1v) is 7.67. The van der Waals surface area contributed by atoms with Crippen molar-refractivity contribution in [3.63, 3.8) is 0 Å². The van der Waals surface area contributed by atoms with E-state index < -0.39 is 5.97 Å². The number of nitrogens with one attached hydrogen (secondary N) is 1.